The molecule has 2 aromatic carbocycles. The van der Waals surface area contributed by atoms with Crippen LogP contribution in [-0.4, -0.2) is 21.2 Å². The van der Waals surface area contributed by atoms with Gasteiger partial charge in [0.15, 0.2) is 5.16 Å². The minimum Gasteiger partial charge on any atom is -0.467 e. The van der Waals surface area contributed by atoms with E-state index in [1.807, 2.05) is 36.4 Å². The highest BCUT2D eigenvalue weighted by Crippen LogP contribution is 2.28. The van der Waals surface area contributed by atoms with Crippen LogP contribution in [0.4, 0.5) is 0 Å². The minimum atomic E-state index is -0.0563. The van der Waals surface area contributed by atoms with Crippen molar-refractivity contribution in [3.05, 3.63) is 78.3 Å². The number of aryl methyl sites for hydroxylation is 1. The number of hydrogen-bond donors (Lipinski definition) is 1. The molecule has 5 nitrogen and oxygen atoms in total. The summed E-state index contributed by atoms with van der Waals surface area (Å²) in [6.07, 6.45) is 1.60. The fourth-order valence-electron chi connectivity index (χ4n) is 2.90. The van der Waals surface area contributed by atoms with Gasteiger partial charge in [-0.05, 0) is 48.9 Å². The highest BCUT2D eigenvalue weighted by Gasteiger charge is 2.14. The molecule has 1 amide bonds. The highest BCUT2D eigenvalue weighted by molar-refractivity contribution is 7.99. The molecule has 4 rings (SSSR count). The SMILES string of the molecule is Cc1cccc(-n2c(SCC(=O)NCc3ccco3)nc3ccccc32)c1. The molecular weight excluding hydrogens is 358 g/mol. The van der Waals surface area contributed by atoms with Crippen molar-refractivity contribution in [2.75, 3.05) is 5.75 Å². The number of imidazole rings is 1. The van der Waals surface area contributed by atoms with Crippen LogP contribution in [0.15, 0.2) is 76.5 Å². The van der Waals surface area contributed by atoms with E-state index in [1.165, 1.54) is 17.3 Å². The van der Waals surface area contributed by atoms with E-state index < -0.39 is 0 Å². The number of rotatable bonds is 6. The Morgan fingerprint density at radius 1 is 1.15 bits per heavy atom. The molecule has 0 aliphatic rings. The van der Waals surface area contributed by atoms with E-state index in [0.29, 0.717) is 6.54 Å². The Morgan fingerprint density at radius 3 is 2.85 bits per heavy atom. The van der Waals surface area contributed by atoms with Crippen LogP contribution in [0.1, 0.15) is 11.3 Å². The first-order chi connectivity index (χ1) is 13.2. The number of para-hydroxylation sites is 2. The van der Waals surface area contributed by atoms with E-state index in [1.54, 1.807) is 12.3 Å². The number of nitrogens with one attached hydrogen (secondary N) is 1. The largest absolute Gasteiger partial charge is 0.467 e. The minimum absolute atomic E-state index is 0.0563. The van der Waals surface area contributed by atoms with Crippen molar-refractivity contribution < 1.29 is 9.21 Å². The Balaban J connectivity index is 1.56. The predicted octanol–water partition coefficient (Wildman–Crippen LogP) is 4.34. The number of hydrogen-bond acceptors (Lipinski definition) is 4. The van der Waals surface area contributed by atoms with E-state index >= 15 is 0 Å². The first-order valence-corrected chi connectivity index (χ1v) is 9.66. The first kappa shape index (κ1) is 17.4. The second-order valence-electron chi connectivity index (χ2n) is 6.20. The van der Waals surface area contributed by atoms with E-state index in [0.717, 1.165) is 27.6 Å². The molecule has 0 bridgehead atoms. The van der Waals surface area contributed by atoms with Crippen molar-refractivity contribution in [2.24, 2.45) is 0 Å². The Kier molecular flexibility index (Phi) is 4.98. The molecule has 0 saturated carbocycles. The normalized spacial score (nSPS) is 11.0. The molecule has 0 unspecified atom stereocenters. The second kappa shape index (κ2) is 7.72. The van der Waals surface area contributed by atoms with Gasteiger partial charge in [-0.25, -0.2) is 4.98 Å². The van der Waals surface area contributed by atoms with Gasteiger partial charge in [-0.2, -0.15) is 0 Å². The zero-order valence-corrected chi connectivity index (χ0v) is 15.7. The number of fused-ring (bicyclic) bond motifs is 1. The van der Waals surface area contributed by atoms with Crippen molar-refractivity contribution >= 4 is 28.7 Å². The van der Waals surface area contributed by atoms with Gasteiger partial charge in [0.25, 0.3) is 0 Å². The van der Waals surface area contributed by atoms with Gasteiger partial charge < -0.3 is 9.73 Å². The maximum absolute atomic E-state index is 12.2. The quantitative estimate of drug-likeness (QED) is 0.508. The smallest absolute Gasteiger partial charge is 0.230 e. The van der Waals surface area contributed by atoms with Crippen molar-refractivity contribution in [2.45, 2.75) is 18.6 Å². The zero-order chi connectivity index (χ0) is 18.6. The molecule has 0 spiro atoms. The molecule has 0 fully saturated rings. The number of carbonyl (C=O) groups is 1. The average Bonchev–Trinajstić information content (AvgIpc) is 3.32. The van der Waals surface area contributed by atoms with Crippen molar-refractivity contribution in [3.8, 4) is 5.69 Å². The monoisotopic (exact) mass is 377 g/mol. The van der Waals surface area contributed by atoms with Crippen LogP contribution >= 0.6 is 11.8 Å². The highest BCUT2D eigenvalue weighted by atomic mass is 32.2. The van der Waals surface area contributed by atoms with Crippen LogP contribution in [-0.2, 0) is 11.3 Å². The van der Waals surface area contributed by atoms with E-state index in [4.69, 9.17) is 9.40 Å². The number of aromatic nitrogens is 2. The molecule has 1 N–H and O–H groups in total. The lowest BCUT2D eigenvalue weighted by Gasteiger charge is -2.10. The Hall–Kier alpha value is -2.99. The van der Waals surface area contributed by atoms with Crippen molar-refractivity contribution in [1.82, 2.24) is 14.9 Å². The number of benzene rings is 2. The van der Waals surface area contributed by atoms with Crippen LogP contribution in [0.25, 0.3) is 16.7 Å². The zero-order valence-electron chi connectivity index (χ0n) is 14.9. The Labute approximate surface area is 161 Å². The third kappa shape index (κ3) is 3.90. The van der Waals surface area contributed by atoms with Crippen LogP contribution in [0.3, 0.4) is 0 Å². The van der Waals surface area contributed by atoms with Gasteiger partial charge in [-0.3, -0.25) is 9.36 Å². The maximum atomic E-state index is 12.2. The lowest BCUT2D eigenvalue weighted by atomic mass is 10.2. The fourth-order valence-corrected chi connectivity index (χ4v) is 3.76. The van der Waals surface area contributed by atoms with Gasteiger partial charge in [0.1, 0.15) is 5.76 Å². The maximum Gasteiger partial charge on any atom is 0.230 e. The van der Waals surface area contributed by atoms with Gasteiger partial charge >= 0.3 is 0 Å². The summed E-state index contributed by atoms with van der Waals surface area (Å²) in [5.41, 5.74) is 4.17. The number of amides is 1. The van der Waals surface area contributed by atoms with E-state index in [2.05, 4.69) is 35.0 Å². The second-order valence-corrected chi connectivity index (χ2v) is 7.14. The van der Waals surface area contributed by atoms with Crippen LogP contribution < -0.4 is 5.32 Å². The van der Waals surface area contributed by atoms with Gasteiger partial charge in [-0.1, -0.05) is 36.0 Å². The summed E-state index contributed by atoms with van der Waals surface area (Å²) in [5, 5.41) is 3.67. The summed E-state index contributed by atoms with van der Waals surface area (Å²) in [6.45, 7) is 2.46. The lowest BCUT2D eigenvalue weighted by molar-refractivity contribution is -0.118. The lowest BCUT2D eigenvalue weighted by Crippen LogP contribution is -2.24. The Bertz CT molecular complexity index is 1070. The molecule has 4 aromatic rings. The van der Waals surface area contributed by atoms with Crippen molar-refractivity contribution in [3.63, 3.8) is 0 Å². The van der Waals surface area contributed by atoms with Gasteiger partial charge in [0.2, 0.25) is 5.91 Å². The predicted molar refractivity (Wildman–Crippen MR) is 107 cm³/mol. The van der Waals surface area contributed by atoms with Crippen LogP contribution in [0.5, 0.6) is 0 Å². The van der Waals surface area contributed by atoms with Gasteiger partial charge in [0.05, 0.1) is 29.6 Å². The molecule has 0 atom stereocenters. The molecule has 0 aliphatic heterocycles. The topological polar surface area (TPSA) is 60.1 Å². The number of thioether (sulfide) groups is 1. The first-order valence-electron chi connectivity index (χ1n) is 8.67. The number of nitrogens with zero attached hydrogens (tertiary/aromatic N) is 2. The summed E-state index contributed by atoms with van der Waals surface area (Å²) in [4.78, 5) is 16.9. The molecular formula is C21H19N3O2S. The molecule has 0 aliphatic carbocycles. The molecule has 6 heteroatoms. The van der Waals surface area contributed by atoms with Crippen LogP contribution in [0, 0.1) is 6.92 Å². The third-order valence-electron chi connectivity index (χ3n) is 4.16. The summed E-state index contributed by atoms with van der Waals surface area (Å²) < 4.78 is 7.34. The summed E-state index contributed by atoms with van der Waals surface area (Å²) in [5.74, 6) is 0.968. The summed E-state index contributed by atoms with van der Waals surface area (Å²) in [7, 11) is 0. The average molecular weight is 377 g/mol. The molecule has 2 aromatic heterocycles. The summed E-state index contributed by atoms with van der Waals surface area (Å²) in [6, 6.07) is 19.9. The molecule has 0 saturated heterocycles. The van der Waals surface area contributed by atoms with E-state index in [-0.39, 0.29) is 11.7 Å². The molecule has 27 heavy (non-hydrogen) atoms. The molecule has 136 valence electrons. The van der Waals surface area contributed by atoms with Crippen molar-refractivity contribution in [1.29, 1.82) is 0 Å². The summed E-state index contributed by atoms with van der Waals surface area (Å²) >= 11 is 1.43. The van der Waals surface area contributed by atoms with Gasteiger partial charge in [-0.15, -0.1) is 0 Å². The molecule has 2 heterocycles. The van der Waals surface area contributed by atoms with Gasteiger partial charge in [0, 0.05) is 5.69 Å². The fraction of sp³-hybridized carbons (Fsp3) is 0.143. The Morgan fingerprint density at radius 2 is 2.04 bits per heavy atom. The van der Waals surface area contributed by atoms with Crippen LogP contribution in [0.2, 0.25) is 0 Å². The number of furan rings is 1. The number of carbonyl (C=O) groups excluding carboxylic acids is 1. The molecule has 0 radical (unpaired) electrons. The standard InChI is InChI=1S/C21H19N3O2S/c1-15-6-4-7-16(12-15)24-19-10-3-2-9-18(19)23-21(24)27-14-20(25)22-13-17-8-5-11-26-17/h2-12H,13-14H2,1H3,(H,22,25). The van der Waals surface area contributed by atoms with E-state index in [9.17, 15) is 4.79 Å². The third-order valence-corrected chi connectivity index (χ3v) is 5.10.